The maximum absolute atomic E-state index is 13.1. The van der Waals surface area contributed by atoms with Gasteiger partial charge >= 0.3 is 0 Å². The number of hydrogen-bond acceptors (Lipinski definition) is 5. The fourth-order valence-corrected chi connectivity index (χ4v) is 5.57. The second-order valence-electron chi connectivity index (χ2n) is 9.88. The highest BCUT2D eigenvalue weighted by Crippen LogP contribution is 2.37. The lowest BCUT2D eigenvalue weighted by atomic mass is 9.68. The number of carbonyl (C=O) groups excluding carboxylic acids is 1. The molecular weight excluding hydrogens is 354 g/mol. The van der Waals surface area contributed by atoms with Crippen LogP contribution in [0.4, 0.5) is 0 Å². The summed E-state index contributed by atoms with van der Waals surface area (Å²) in [4.78, 5) is 15.1. The first-order chi connectivity index (χ1) is 13.5. The highest BCUT2D eigenvalue weighted by atomic mass is 16.5. The molecule has 0 radical (unpaired) electrons. The number of fused-ring (bicyclic) bond motifs is 1. The maximum Gasteiger partial charge on any atom is 0.274 e. The topological polar surface area (TPSA) is 71.4 Å². The van der Waals surface area contributed by atoms with Crippen LogP contribution in [-0.4, -0.2) is 65.0 Å². The Hall–Kier alpha value is -1.44. The molecule has 7 nitrogen and oxygen atoms in total. The van der Waals surface area contributed by atoms with Crippen molar-refractivity contribution >= 4 is 5.91 Å². The second kappa shape index (κ2) is 6.82. The van der Waals surface area contributed by atoms with E-state index in [0.29, 0.717) is 29.7 Å². The summed E-state index contributed by atoms with van der Waals surface area (Å²) in [6.45, 7) is 10.8. The molecule has 1 aromatic heterocycles. The molecule has 0 bridgehead atoms. The van der Waals surface area contributed by atoms with Gasteiger partial charge < -0.3 is 20.3 Å². The van der Waals surface area contributed by atoms with Gasteiger partial charge in [0, 0.05) is 25.7 Å². The summed E-state index contributed by atoms with van der Waals surface area (Å²) in [5.74, 6) is 0.761. The Morgan fingerprint density at radius 1 is 1.25 bits per heavy atom. The summed E-state index contributed by atoms with van der Waals surface area (Å²) >= 11 is 0. The number of piperidine rings is 2. The fraction of sp³-hybridized carbons (Fsp3) is 0.810. The van der Waals surface area contributed by atoms with Gasteiger partial charge in [0.05, 0.1) is 24.4 Å². The Morgan fingerprint density at radius 2 is 2.00 bits per heavy atom. The van der Waals surface area contributed by atoms with E-state index >= 15 is 0 Å². The number of carbonyl (C=O) groups is 1. The van der Waals surface area contributed by atoms with Crippen molar-refractivity contribution in [3.63, 3.8) is 0 Å². The number of amides is 1. The third-order valence-corrected chi connectivity index (χ3v) is 7.48. The first-order valence-electron chi connectivity index (χ1n) is 10.9. The number of hydrogen-bond donors (Lipinski definition) is 2. The van der Waals surface area contributed by atoms with E-state index in [2.05, 4.69) is 24.5 Å². The van der Waals surface area contributed by atoms with Gasteiger partial charge in [0.2, 0.25) is 0 Å². The zero-order valence-electron chi connectivity index (χ0n) is 17.2. The third kappa shape index (κ3) is 3.17. The van der Waals surface area contributed by atoms with Gasteiger partial charge in [-0.15, -0.1) is 0 Å². The van der Waals surface area contributed by atoms with E-state index in [1.54, 1.807) is 0 Å². The quantitative estimate of drug-likeness (QED) is 0.802. The Kier molecular flexibility index (Phi) is 4.52. The minimum Gasteiger partial charge on any atom is -0.367 e. The van der Waals surface area contributed by atoms with Crippen LogP contribution in [0.15, 0.2) is 6.07 Å². The van der Waals surface area contributed by atoms with Crippen LogP contribution in [0.5, 0.6) is 0 Å². The van der Waals surface area contributed by atoms with Crippen LogP contribution in [0.2, 0.25) is 0 Å². The maximum atomic E-state index is 13.1. The van der Waals surface area contributed by atoms with Crippen molar-refractivity contribution in [1.82, 2.24) is 25.3 Å². The molecule has 154 valence electrons. The molecule has 1 atom stereocenters. The third-order valence-electron chi connectivity index (χ3n) is 7.48. The lowest BCUT2D eigenvalue weighted by molar-refractivity contribution is -0.109. The molecule has 1 unspecified atom stereocenters. The average Bonchev–Trinajstić information content (AvgIpc) is 3.11. The zero-order chi connectivity index (χ0) is 19.4. The molecule has 0 saturated carbocycles. The Morgan fingerprint density at radius 3 is 2.64 bits per heavy atom. The van der Waals surface area contributed by atoms with Crippen molar-refractivity contribution in [3.8, 4) is 0 Å². The monoisotopic (exact) mass is 387 g/mol. The minimum absolute atomic E-state index is 0.0838. The number of ether oxygens (including phenoxy) is 1. The van der Waals surface area contributed by atoms with E-state index in [1.165, 1.54) is 0 Å². The normalized spacial score (nSPS) is 29.4. The summed E-state index contributed by atoms with van der Waals surface area (Å²) < 4.78 is 8.24. The van der Waals surface area contributed by atoms with Gasteiger partial charge in [-0.2, -0.15) is 5.10 Å². The molecule has 4 aliphatic rings. The van der Waals surface area contributed by atoms with Crippen molar-refractivity contribution < 1.29 is 9.53 Å². The molecule has 3 fully saturated rings. The van der Waals surface area contributed by atoms with Crippen LogP contribution >= 0.6 is 0 Å². The van der Waals surface area contributed by atoms with Gasteiger partial charge in [0.15, 0.2) is 5.69 Å². The van der Waals surface area contributed by atoms with E-state index < -0.39 is 0 Å². The van der Waals surface area contributed by atoms with Gasteiger partial charge in [-0.1, -0.05) is 13.8 Å². The number of aromatic nitrogens is 2. The van der Waals surface area contributed by atoms with Gasteiger partial charge in [-0.3, -0.25) is 9.48 Å². The SMILES string of the molecule is CC1(C)CNC1C1CCN(C(=O)c2cc3n(n2)CC2(CCNCC2)OC3)CC1. The van der Waals surface area contributed by atoms with Crippen LogP contribution in [0, 0.1) is 11.3 Å². The van der Waals surface area contributed by atoms with Crippen molar-refractivity contribution in [2.24, 2.45) is 11.3 Å². The number of rotatable bonds is 2. The lowest BCUT2D eigenvalue weighted by Gasteiger charge is -2.51. The summed E-state index contributed by atoms with van der Waals surface area (Å²) in [5, 5.41) is 11.7. The number of nitrogens with one attached hydrogen (secondary N) is 2. The largest absolute Gasteiger partial charge is 0.367 e. The summed E-state index contributed by atoms with van der Waals surface area (Å²) in [6.07, 6.45) is 4.18. The van der Waals surface area contributed by atoms with Crippen molar-refractivity contribution in [2.45, 2.75) is 64.3 Å². The van der Waals surface area contributed by atoms with E-state index in [0.717, 1.165) is 70.6 Å². The lowest BCUT2D eigenvalue weighted by Crippen LogP contribution is -2.63. The molecule has 4 aliphatic heterocycles. The molecule has 1 aromatic rings. The summed E-state index contributed by atoms with van der Waals surface area (Å²) in [7, 11) is 0. The first kappa shape index (κ1) is 18.6. The van der Waals surface area contributed by atoms with Crippen LogP contribution in [-0.2, 0) is 17.9 Å². The average molecular weight is 388 g/mol. The van der Waals surface area contributed by atoms with E-state index in [-0.39, 0.29) is 11.5 Å². The molecule has 0 aromatic carbocycles. The smallest absolute Gasteiger partial charge is 0.274 e. The highest BCUT2D eigenvalue weighted by Gasteiger charge is 2.44. The number of likely N-dealkylation sites (tertiary alicyclic amines) is 1. The Bertz CT molecular complexity index is 744. The summed E-state index contributed by atoms with van der Waals surface area (Å²) in [5.41, 5.74) is 1.91. The first-order valence-corrected chi connectivity index (χ1v) is 10.9. The summed E-state index contributed by atoms with van der Waals surface area (Å²) in [6, 6.07) is 2.54. The number of nitrogens with zero attached hydrogens (tertiary/aromatic N) is 3. The van der Waals surface area contributed by atoms with Crippen molar-refractivity contribution in [2.75, 3.05) is 32.7 Å². The van der Waals surface area contributed by atoms with E-state index in [1.807, 2.05) is 15.6 Å². The van der Waals surface area contributed by atoms with E-state index in [4.69, 9.17) is 9.84 Å². The van der Waals surface area contributed by atoms with E-state index in [9.17, 15) is 4.79 Å². The zero-order valence-corrected chi connectivity index (χ0v) is 17.2. The molecule has 0 aliphatic carbocycles. The molecule has 28 heavy (non-hydrogen) atoms. The molecule has 2 N–H and O–H groups in total. The van der Waals surface area contributed by atoms with Crippen LogP contribution < -0.4 is 10.6 Å². The van der Waals surface area contributed by atoms with Gasteiger partial charge in [-0.25, -0.2) is 0 Å². The van der Waals surface area contributed by atoms with Crippen molar-refractivity contribution in [1.29, 1.82) is 0 Å². The predicted molar refractivity (Wildman–Crippen MR) is 106 cm³/mol. The molecule has 1 amide bonds. The molecule has 3 saturated heterocycles. The van der Waals surface area contributed by atoms with Gasteiger partial charge in [0.1, 0.15) is 0 Å². The fourth-order valence-electron chi connectivity index (χ4n) is 5.57. The standard InChI is InChI=1S/C21H33N5O2/c1-20(2)13-23-18(20)15-3-9-25(10-4-15)19(27)17-11-16-12-28-21(14-26(16)24-17)5-7-22-8-6-21/h11,15,18,22-23H,3-10,12-14H2,1-2H3. The van der Waals surface area contributed by atoms with Gasteiger partial charge in [0.25, 0.3) is 5.91 Å². The Labute approximate surface area is 167 Å². The molecular formula is C21H33N5O2. The highest BCUT2D eigenvalue weighted by molar-refractivity contribution is 5.92. The van der Waals surface area contributed by atoms with Gasteiger partial charge in [-0.05, 0) is 56.2 Å². The second-order valence-corrected chi connectivity index (χ2v) is 9.88. The molecule has 1 spiro atoms. The molecule has 7 heteroatoms. The predicted octanol–water partition coefficient (Wildman–Crippen LogP) is 1.39. The molecule has 5 rings (SSSR count). The molecule has 5 heterocycles. The van der Waals surface area contributed by atoms with Crippen LogP contribution in [0.1, 0.15) is 55.7 Å². The minimum atomic E-state index is -0.106. The van der Waals surface area contributed by atoms with Crippen molar-refractivity contribution in [3.05, 3.63) is 17.5 Å². The Balaban J connectivity index is 1.23. The van der Waals surface area contributed by atoms with Crippen LogP contribution in [0.25, 0.3) is 0 Å². The van der Waals surface area contributed by atoms with Crippen LogP contribution in [0.3, 0.4) is 0 Å².